The summed E-state index contributed by atoms with van der Waals surface area (Å²) in [5, 5.41) is 10.9. The van der Waals surface area contributed by atoms with Crippen LogP contribution in [0.25, 0.3) is 22.3 Å². The van der Waals surface area contributed by atoms with Crippen LogP contribution >= 0.6 is 0 Å². The van der Waals surface area contributed by atoms with Gasteiger partial charge in [0, 0.05) is 84.7 Å². The molecule has 0 radical (unpaired) electrons. The van der Waals surface area contributed by atoms with E-state index >= 15 is 0 Å². The number of nitrogens with two attached hydrogens (primary N) is 3. The quantitative estimate of drug-likeness (QED) is 0.0220. The number of aromatic amines is 1. The summed E-state index contributed by atoms with van der Waals surface area (Å²) in [6, 6.07) is 1.34. The van der Waals surface area contributed by atoms with E-state index in [1.807, 2.05) is 23.9 Å². The molecule has 11 N–H and O–H groups in total. The van der Waals surface area contributed by atoms with E-state index in [0.29, 0.717) is 45.9 Å². The molecule has 1 saturated heterocycles. The van der Waals surface area contributed by atoms with Gasteiger partial charge < -0.3 is 71.9 Å². The zero-order valence-electron chi connectivity index (χ0n) is 43.8. The number of nitrogens with one attached hydrogen (secondary N) is 5. The molecule has 33 heteroatoms. The van der Waals surface area contributed by atoms with E-state index in [1.54, 1.807) is 7.05 Å². The number of morpholine rings is 1. The van der Waals surface area contributed by atoms with Gasteiger partial charge in [0.25, 0.3) is 5.56 Å². The molecule has 0 aromatic carbocycles. The number of nitrogens with zero attached hydrogens (tertiary/aromatic N) is 15. The van der Waals surface area contributed by atoms with Crippen molar-refractivity contribution < 1.29 is 38.3 Å². The summed E-state index contributed by atoms with van der Waals surface area (Å²) in [4.78, 5) is 156. The van der Waals surface area contributed by atoms with Crippen LogP contribution in [0.2, 0.25) is 0 Å². The van der Waals surface area contributed by atoms with Crippen molar-refractivity contribution in [3.8, 4) is 0 Å². The van der Waals surface area contributed by atoms with E-state index in [-0.39, 0.29) is 98.2 Å². The number of fused-ring (bicyclic) bond motifs is 2. The summed E-state index contributed by atoms with van der Waals surface area (Å²) >= 11 is 0. The van der Waals surface area contributed by atoms with Gasteiger partial charge in [-0.25, -0.2) is 24.7 Å². The molecule has 6 rings (SSSR count). The molecule has 1 aliphatic rings. The summed E-state index contributed by atoms with van der Waals surface area (Å²) in [5.74, 6) is -4.14. The molecule has 33 nitrogen and oxygen atoms in total. The minimum atomic E-state index is -0.789. The first-order chi connectivity index (χ1) is 37.3. The first kappa shape index (κ1) is 58.6. The lowest BCUT2D eigenvalue weighted by molar-refractivity contribution is -0.138. The van der Waals surface area contributed by atoms with E-state index in [0.717, 1.165) is 20.9 Å². The van der Waals surface area contributed by atoms with Gasteiger partial charge in [0.05, 0.1) is 52.0 Å². The van der Waals surface area contributed by atoms with Crippen LogP contribution in [0.4, 0.5) is 17.6 Å². The summed E-state index contributed by atoms with van der Waals surface area (Å²) in [7, 11) is 5.62. The van der Waals surface area contributed by atoms with Crippen LogP contribution in [0.5, 0.6) is 0 Å². The molecule has 0 unspecified atom stereocenters. The number of H-pyrrole nitrogens is 1. The van der Waals surface area contributed by atoms with Crippen molar-refractivity contribution in [2.45, 2.75) is 19.6 Å². The SMILES string of the molecule is CN(C)CCN(C)CC(=O)NCCN(CC(=O)NCCN(CC(=O)NCCN(CC(=O)NCCN1CCOCC1)C(=O)Cn1cnc2c(=O)[nH]c(N)nc21)C(=O)Cn1cnc2c(N)ncnc21)C(=O)Cn1ccc(N)nc1=O. The Balaban J connectivity index is 1.10. The molecular weight excluding hydrogens is 1020 g/mol. The average Bonchev–Trinajstić information content (AvgIpc) is 4.01. The van der Waals surface area contributed by atoms with Gasteiger partial charge in [-0.15, -0.1) is 0 Å². The number of anilines is 3. The van der Waals surface area contributed by atoms with Crippen LogP contribution in [0, 0.1) is 0 Å². The van der Waals surface area contributed by atoms with Crippen molar-refractivity contribution in [3.05, 3.63) is 52.1 Å². The minimum Gasteiger partial charge on any atom is -0.383 e. The number of hydrogen-bond donors (Lipinski definition) is 8. The van der Waals surface area contributed by atoms with Crippen molar-refractivity contribution in [1.82, 2.24) is 99.3 Å². The first-order valence-corrected chi connectivity index (χ1v) is 24.8. The fourth-order valence-corrected chi connectivity index (χ4v) is 7.88. The Labute approximate surface area is 445 Å². The van der Waals surface area contributed by atoms with Crippen LogP contribution in [-0.4, -0.2) is 258 Å². The third kappa shape index (κ3) is 17.7. The van der Waals surface area contributed by atoms with E-state index in [9.17, 15) is 43.2 Å². The highest BCUT2D eigenvalue weighted by atomic mass is 16.5. The maximum absolute atomic E-state index is 14.0. The third-order valence-corrected chi connectivity index (χ3v) is 12.1. The molecule has 1 aliphatic heterocycles. The highest BCUT2D eigenvalue weighted by molar-refractivity contribution is 5.88. The maximum atomic E-state index is 14.0. The number of imidazole rings is 2. The Morgan fingerprint density at radius 3 is 1.68 bits per heavy atom. The molecular formula is C45H67N23O10. The zero-order valence-corrected chi connectivity index (χ0v) is 43.8. The van der Waals surface area contributed by atoms with Crippen LogP contribution in [0.3, 0.4) is 0 Å². The number of likely N-dealkylation sites (N-methyl/N-ethyl adjacent to an activating group) is 2. The van der Waals surface area contributed by atoms with Gasteiger partial charge in [-0.1, -0.05) is 0 Å². The molecule has 1 fully saturated rings. The summed E-state index contributed by atoms with van der Waals surface area (Å²) in [6.07, 6.45) is 5.07. The zero-order chi connectivity index (χ0) is 56.3. The van der Waals surface area contributed by atoms with Crippen molar-refractivity contribution >= 4 is 81.3 Å². The molecule has 0 aliphatic carbocycles. The highest BCUT2D eigenvalue weighted by Crippen LogP contribution is 2.14. The second-order valence-corrected chi connectivity index (χ2v) is 18.4. The standard InChI is InChI=1S/C45H67N23O10/c1-60(2)14-15-61(3)20-31(69)50-6-11-63(35(73)24-66-9-4-30(46)57-45(66)77)22-33(71)51-7-12-64(36(74)25-67-28-55-38-40(47)53-27-54-41(38)67)23-34(72)52-8-13-65(21-32(70)49-5-10-62-16-18-78-19-17-62)37(75)26-68-29-56-39-42(68)58-44(48)59-43(39)76/h4,9,27-29H,5-8,10-26H2,1-3H3,(H,49,70)(H,50,69)(H,51,71)(H,52,72)(H2,46,57,77)(H2,47,53,54)(H3,48,58,59,76). The lowest BCUT2D eigenvalue weighted by atomic mass is 10.3. The van der Waals surface area contributed by atoms with Crippen molar-refractivity contribution in [1.29, 1.82) is 0 Å². The number of carbonyl (C=O) groups excluding carboxylic acids is 7. The predicted octanol–water partition coefficient (Wildman–Crippen LogP) is -7.26. The fourth-order valence-electron chi connectivity index (χ4n) is 7.88. The Hall–Kier alpha value is -8.69. The van der Waals surface area contributed by atoms with E-state index in [2.05, 4.69) is 61.1 Å². The Morgan fingerprint density at radius 2 is 1.13 bits per heavy atom. The fraction of sp³-hybridized carbons (Fsp3) is 0.533. The molecule has 0 atom stereocenters. The van der Waals surface area contributed by atoms with Crippen LogP contribution in [-0.2, 0) is 57.9 Å². The van der Waals surface area contributed by atoms with E-state index in [1.165, 1.54) is 45.3 Å². The number of rotatable bonds is 29. The number of aromatic nitrogens is 10. The Morgan fingerprint density at radius 1 is 0.615 bits per heavy atom. The second-order valence-electron chi connectivity index (χ2n) is 18.4. The predicted molar refractivity (Wildman–Crippen MR) is 280 cm³/mol. The average molecular weight is 1090 g/mol. The van der Waals surface area contributed by atoms with Crippen molar-refractivity contribution in [2.24, 2.45) is 0 Å². The molecule has 5 aromatic heterocycles. The van der Waals surface area contributed by atoms with Crippen LogP contribution in [0.1, 0.15) is 0 Å². The summed E-state index contributed by atoms with van der Waals surface area (Å²) < 4.78 is 9.12. The number of carbonyl (C=O) groups is 7. The van der Waals surface area contributed by atoms with E-state index in [4.69, 9.17) is 21.9 Å². The second kappa shape index (κ2) is 28.4. The lowest BCUT2D eigenvalue weighted by Crippen LogP contribution is -2.49. The number of hydrogen-bond acceptors (Lipinski definition) is 22. The smallest absolute Gasteiger partial charge is 0.349 e. The largest absolute Gasteiger partial charge is 0.383 e. The normalized spacial score (nSPS) is 12.7. The Kier molecular flexibility index (Phi) is 21.4. The van der Waals surface area contributed by atoms with Gasteiger partial charge >= 0.3 is 5.69 Å². The van der Waals surface area contributed by atoms with Crippen molar-refractivity contribution in [2.75, 3.05) is 156 Å². The van der Waals surface area contributed by atoms with Gasteiger partial charge in [-0.3, -0.25) is 57.7 Å². The van der Waals surface area contributed by atoms with Gasteiger partial charge in [-0.05, 0) is 27.2 Å². The first-order valence-electron chi connectivity index (χ1n) is 24.8. The van der Waals surface area contributed by atoms with E-state index < -0.39 is 79.4 Å². The van der Waals surface area contributed by atoms with Gasteiger partial charge in [0.15, 0.2) is 22.6 Å². The molecule has 6 heterocycles. The van der Waals surface area contributed by atoms with Gasteiger partial charge in [0.2, 0.25) is 47.3 Å². The van der Waals surface area contributed by atoms with Crippen LogP contribution in [0.15, 0.2) is 40.8 Å². The van der Waals surface area contributed by atoms with Crippen LogP contribution < -0.4 is 49.7 Å². The Bertz CT molecular complexity index is 3020. The summed E-state index contributed by atoms with van der Waals surface area (Å²) in [5.41, 5.74) is 16.4. The molecule has 0 saturated carbocycles. The topological polar surface area (TPSA) is 416 Å². The molecule has 422 valence electrons. The number of amides is 7. The number of ether oxygens (including phenoxy) is 1. The van der Waals surface area contributed by atoms with Gasteiger partial charge in [-0.2, -0.15) is 9.97 Å². The minimum absolute atomic E-state index is 0.0310. The highest BCUT2D eigenvalue weighted by Gasteiger charge is 2.24. The van der Waals surface area contributed by atoms with Crippen molar-refractivity contribution in [3.63, 3.8) is 0 Å². The van der Waals surface area contributed by atoms with Gasteiger partial charge in [0.1, 0.15) is 37.3 Å². The molecule has 5 aromatic rings. The third-order valence-electron chi connectivity index (χ3n) is 12.1. The number of nitrogen functional groups attached to an aromatic ring is 3. The molecule has 0 bridgehead atoms. The maximum Gasteiger partial charge on any atom is 0.349 e. The summed E-state index contributed by atoms with van der Waals surface area (Å²) in [6.45, 7) is 1.18. The monoisotopic (exact) mass is 1090 g/mol. The molecule has 78 heavy (non-hydrogen) atoms. The molecule has 0 spiro atoms. The lowest BCUT2D eigenvalue weighted by Gasteiger charge is -2.27. The molecule has 7 amide bonds.